The monoisotopic (exact) mass is 280 g/mol. The average molecular weight is 281 g/mol. The van der Waals surface area contributed by atoms with Crippen molar-refractivity contribution in [2.24, 2.45) is 5.92 Å². The quantitative estimate of drug-likeness (QED) is 0.832. The van der Waals surface area contributed by atoms with Crippen LogP contribution in [0.15, 0.2) is 18.2 Å². The fourth-order valence-electron chi connectivity index (χ4n) is 3.01. The number of nitrogens with two attached hydrogens (primary N) is 1. The molecule has 0 aliphatic carbocycles. The standard InChI is InChI=1S/C16H25ClN2/c1-2-4-13-5-3-9-19(10-8-13)12-14-6-7-16(18)15(17)11-14/h6-7,11,13H,2-5,8-10,12,18H2,1H3. The Morgan fingerprint density at radius 1 is 1.32 bits per heavy atom. The van der Waals surface area contributed by atoms with Crippen LogP contribution in [0.1, 0.15) is 44.6 Å². The lowest BCUT2D eigenvalue weighted by Crippen LogP contribution is -2.24. The summed E-state index contributed by atoms with van der Waals surface area (Å²) in [6.45, 7) is 5.72. The summed E-state index contributed by atoms with van der Waals surface area (Å²) in [4.78, 5) is 2.55. The van der Waals surface area contributed by atoms with E-state index in [2.05, 4.69) is 17.9 Å². The first kappa shape index (κ1) is 14.7. The van der Waals surface area contributed by atoms with Crippen LogP contribution >= 0.6 is 11.6 Å². The lowest BCUT2D eigenvalue weighted by atomic mass is 9.96. The molecule has 1 aliphatic heterocycles. The van der Waals surface area contributed by atoms with Crippen molar-refractivity contribution < 1.29 is 0 Å². The smallest absolute Gasteiger partial charge is 0.0638 e. The maximum atomic E-state index is 6.08. The van der Waals surface area contributed by atoms with Gasteiger partial charge in [-0.05, 0) is 56.0 Å². The Morgan fingerprint density at radius 3 is 2.89 bits per heavy atom. The van der Waals surface area contributed by atoms with Crippen molar-refractivity contribution in [2.75, 3.05) is 18.8 Å². The molecule has 2 rings (SSSR count). The third-order valence-electron chi connectivity index (χ3n) is 4.11. The minimum Gasteiger partial charge on any atom is -0.398 e. The molecule has 1 saturated heterocycles. The maximum absolute atomic E-state index is 6.08. The first-order valence-electron chi connectivity index (χ1n) is 7.45. The summed E-state index contributed by atoms with van der Waals surface area (Å²) in [5, 5.41) is 0.677. The fourth-order valence-corrected chi connectivity index (χ4v) is 3.21. The van der Waals surface area contributed by atoms with Crippen molar-refractivity contribution in [3.63, 3.8) is 0 Å². The second kappa shape index (κ2) is 7.16. The van der Waals surface area contributed by atoms with Crippen LogP contribution in [0.3, 0.4) is 0 Å². The summed E-state index contributed by atoms with van der Waals surface area (Å²) < 4.78 is 0. The average Bonchev–Trinajstić information content (AvgIpc) is 2.60. The van der Waals surface area contributed by atoms with Gasteiger partial charge >= 0.3 is 0 Å². The van der Waals surface area contributed by atoms with E-state index in [9.17, 15) is 0 Å². The van der Waals surface area contributed by atoms with Crippen LogP contribution in [0, 0.1) is 5.92 Å². The van der Waals surface area contributed by atoms with Crippen LogP contribution in [0.4, 0.5) is 5.69 Å². The Balaban J connectivity index is 1.90. The lowest BCUT2D eigenvalue weighted by Gasteiger charge is -2.20. The Kier molecular flexibility index (Phi) is 5.53. The first-order chi connectivity index (χ1) is 9.19. The highest BCUT2D eigenvalue weighted by Gasteiger charge is 2.16. The van der Waals surface area contributed by atoms with Crippen LogP contribution < -0.4 is 5.73 Å². The van der Waals surface area contributed by atoms with Crippen molar-refractivity contribution >= 4 is 17.3 Å². The first-order valence-corrected chi connectivity index (χ1v) is 7.83. The molecule has 1 aromatic carbocycles. The fraction of sp³-hybridized carbons (Fsp3) is 0.625. The van der Waals surface area contributed by atoms with Crippen LogP contribution in [-0.2, 0) is 6.54 Å². The SMILES string of the molecule is CCCC1CCCN(Cc2ccc(N)c(Cl)c2)CC1. The van der Waals surface area contributed by atoms with Crippen molar-refractivity contribution in [3.8, 4) is 0 Å². The topological polar surface area (TPSA) is 29.3 Å². The number of hydrogen-bond acceptors (Lipinski definition) is 2. The summed E-state index contributed by atoms with van der Waals surface area (Å²) in [7, 11) is 0. The number of benzene rings is 1. The molecule has 2 N–H and O–H groups in total. The molecular weight excluding hydrogens is 256 g/mol. The van der Waals surface area contributed by atoms with Crippen molar-refractivity contribution in [1.29, 1.82) is 0 Å². The van der Waals surface area contributed by atoms with E-state index < -0.39 is 0 Å². The number of rotatable bonds is 4. The molecule has 1 unspecified atom stereocenters. The molecule has 1 atom stereocenters. The molecule has 0 saturated carbocycles. The molecule has 0 radical (unpaired) electrons. The second-order valence-corrected chi connectivity index (χ2v) is 6.12. The number of nitrogens with zero attached hydrogens (tertiary/aromatic N) is 1. The largest absolute Gasteiger partial charge is 0.398 e. The second-order valence-electron chi connectivity index (χ2n) is 5.72. The van der Waals surface area contributed by atoms with Gasteiger partial charge in [-0.2, -0.15) is 0 Å². The number of anilines is 1. The summed E-state index contributed by atoms with van der Waals surface area (Å²) >= 11 is 6.08. The summed E-state index contributed by atoms with van der Waals surface area (Å²) in [6, 6.07) is 6.01. The van der Waals surface area contributed by atoms with Gasteiger partial charge in [0.1, 0.15) is 0 Å². The molecule has 19 heavy (non-hydrogen) atoms. The number of hydrogen-bond donors (Lipinski definition) is 1. The number of halogens is 1. The van der Waals surface area contributed by atoms with E-state index >= 15 is 0 Å². The predicted octanol–water partition coefficient (Wildman–Crippen LogP) is 4.32. The van der Waals surface area contributed by atoms with Gasteiger partial charge in [0.25, 0.3) is 0 Å². The van der Waals surface area contributed by atoms with Crippen molar-refractivity contribution in [2.45, 2.75) is 45.6 Å². The third-order valence-corrected chi connectivity index (χ3v) is 4.44. The van der Waals surface area contributed by atoms with Gasteiger partial charge in [0.15, 0.2) is 0 Å². The van der Waals surface area contributed by atoms with E-state index in [1.165, 1.54) is 50.8 Å². The maximum Gasteiger partial charge on any atom is 0.0638 e. The van der Waals surface area contributed by atoms with Crippen LogP contribution in [-0.4, -0.2) is 18.0 Å². The van der Waals surface area contributed by atoms with Gasteiger partial charge in [0.05, 0.1) is 10.7 Å². The van der Waals surface area contributed by atoms with Crippen molar-refractivity contribution in [1.82, 2.24) is 4.90 Å². The molecule has 3 heteroatoms. The zero-order valence-electron chi connectivity index (χ0n) is 11.9. The minimum atomic E-state index is 0.671. The van der Waals surface area contributed by atoms with E-state index in [4.69, 9.17) is 17.3 Å². The van der Waals surface area contributed by atoms with E-state index in [1.54, 1.807) is 0 Å². The van der Waals surface area contributed by atoms with E-state index in [0.717, 1.165) is 12.5 Å². The molecule has 1 aliphatic rings. The molecule has 0 bridgehead atoms. The van der Waals surface area contributed by atoms with Crippen LogP contribution in [0.2, 0.25) is 5.02 Å². The normalized spacial score (nSPS) is 21.3. The van der Waals surface area contributed by atoms with Gasteiger partial charge in [-0.25, -0.2) is 0 Å². The molecule has 0 spiro atoms. The van der Waals surface area contributed by atoms with Crippen LogP contribution in [0.25, 0.3) is 0 Å². The Labute approximate surface area is 121 Å². The van der Waals surface area contributed by atoms with Gasteiger partial charge in [-0.15, -0.1) is 0 Å². The molecule has 1 heterocycles. The molecule has 0 aromatic heterocycles. The van der Waals surface area contributed by atoms with Gasteiger partial charge in [0.2, 0.25) is 0 Å². The zero-order chi connectivity index (χ0) is 13.7. The lowest BCUT2D eigenvalue weighted by molar-refractivity contribution is 0.271. The van der Waals surface area contributed by atoms with Gasteiger partial charge < -0.3 is 5.73 Å². The van der Waals surface area contributed by atoms with Gasteiger partial charge in [0, 0.05) is 6.54 Å². The molecular formula is C16H25ClN2. The predicted molar refractivity (Wildman–Crippen MR) is 83.4 cm³/mol. The molecule has 106 valence electrons. The Bertz CT molecular complexity index is 406. The van der Waals surface area contributed by atoms with Gasteiger partial charge in [-0.3, -0.25) is 4.90 Å². The zero-order valence-corrected chi connectivity index (χ0v) is 12.6. The highest BCUT2D eigenvalue weighted by Crippen LogP contribution is 2.24. The van der Waals surface area contributed by atoms with Crippen molar-refractivity contribution in [3.05, 3.63) is 28.8 Å². The number of likely N-dealkylation sites (tertiary alicyclic amines) is 1. The highest BCUT2D eigenvalue weighted by atomic mass is 35.5. The summed E-state index contributed by atoms with van der Waals surface area (Å²) in [5.41, 5.74) is 7.69. The highest BCUT2D eigenvalue weighted by molar-refractivity contribution is 6.33. The Morgan fingerprint density at radius 2 is 2.16 bits per heavy atom. The molecule has 2 nitrogen and oxygen atoms in total. The van der Waals surface area contributed by atoms with E-state index in [0.29, 0.717) is 10.7 Å². The Hall–Kier alpha value is -0.730. The summed E-state index contributed by atoms with van der Waals surface area (Å²) in [6.07, 6.45) is 6.77. The van der Waals surface area contributed by atoms with E-state index in [-0.39, 0.29) is 0 Å². The van der Waals surface area contributed by atoms with Crippen LogP contribution in [0.5, 0.6) is 0 Å². The molecule has 1 aromatic rings. The minimum absolute atomic E-state index is 0.671. The number of nitrogen functional groups attached to an aromatic ring is 1. The molecule has 0 amide bonds. The van der Waals surface area contributed by atoms with E-state index in [1.807, 2.05) is 12.1 Å². The summed E-state index contributed by atoms with van der Waals surface area (Å²) in [5.74, 6) is 0.935. The third kappa shape index (κ3) is 4.39. The van der Waals surface area contributed by atoms with Gasteiger partial charge in [-0.1, -0.05) is 37.4 Å². The molecule has 1 fully saturated rings.